The van der Waals surface area contributed by atoms with Crippen molar-refractivity contribution in [2.75, 3.05) is 5.73 Å². The summed E-state index contributed by atoms with van der Waals surface area (Å²) in [5, 5.41) is 6.93. The Morgan fingerprint density at radius 1 is 1.21 bits per heavy atom. The van der Waals surface area contributed by atoms with E-state index in [1.54, 1.807) is 0 Å². The molecule has 0 atom stereocenters. The van der Waals surface area contributed by atoms with Gasteiger partial charge in [0.05, 0.1) is 5.92 Å². The molecule has 6 heteroatoms. The number of hydrogen-bond acceptors (Lipinski definition) is 2. The van der Waals surface area contributed by atoms with E-state index < -0.39 is 12.1 Å². The van der Waals surface area contributed by atoms with Gasteiger partial charge < -0.3 is 5.73 Å². The standard InChI is InChI=1S/C13H20F3N3/c1-7(2)10-11(18-19-12(10)17)8-3-5-9(6-4-8)13(14,15)16/h7-9H,3-6H2,1-2H3,(H3,17,18,19). The molecule has 1 aromatic heterocycles. The normalized spacial score (nSPS) is 24.9. The van der Waals surface area contributed by atoms with E-state index in [0.29, 0.717) is 18.7 Å². The van der Waals surface area contributed by atoms with Crippen molar-refractivity contribution in [3.05, 3.63) is 11.3 Å². The molecule has 1 saturated carbocycles. The number of hydrogen-bond donors (Lipinski definition) is 2. The molecule has 0 unspecified atom stereocenters. The molecule has 0 aromatic carbocycles. The first-order valence-corrected chi connectivity index (χ1v) is 6.71. The second-order valence-corrected chi connectivity index (χ2v) is 5.68. The van der Waals surface area contributed by atoms with Crippen LogP contribution >= 0.6 is 0 Å². The van der Waals surface area contributed by atoms with E-state index in [4.69, 9.17) is 5.73 Å². The van der Waals surface area contributed by atoms with Crippen molar-refractivity contribution in [2.24, 2.45) is 5.92 Å². The number of alkyl halides is 3. The number of nitrogens with zero attached hydrogens (tertiary/aromatic N) is 1. The van der Waals surface area contributed by atoms with E-state index in [1.807, 2.05) is 13.8 Å². The van der Waals surface area contributed by atoms with Crippen LogP contribution in [0.4, 0.5) is 19.0 Å². The van der Waals surface area contributed by atoms with Crippen LogP contribution in [0.3, 0.4) is 0 Å². The average molecular weight is 275 g/mol. The lowest BCUT2D eigenvalue weighted by Gasteiger charge is -2.30. The summed E-state index contributed by atoms with van der Waals surface area (Å²) in [6.45, 7) is 4.04. The quantitative estimate of drug-likeness (QED) is 0.858. The highest BCUT2D eigenvalue weighted by atomic mass is 19.4. The fourth-order valence-corrected chi connectivity index (χ4v) is 3.01. The fraction of sp³-hybridized carbons (Fsp3) is 0.769. The summed E-state index contributed by atoms with van der Waals surface area (Å²) in [5.74, 6) is -0.315. The van der Waals surface area contributed by atoms with Crippen molar-refractivity contribution >= 4 is 5.82 Å². The summed E-state index contributed by atoms with van der Waals surface area (Å²) in [6.07, 6.45) is -2.56. The van der Waals surface area contributed by atoms with E-state index in [1.165, 1.54) is 0 Å². The summed E-state index contributed by atoms with van der Waals surface area (Å²) in [7, 11) is 0. The highest BCUT2D eigenvalue weighted by Crippen LogP contribution is 2.44. The van der Waals surface area contributed by atoms with Crippen LogP contribution in [0.5, 0.6) is 0 Å². The van der Waals surface area contributed by atoms with Crippen LogP contribution in [-0.2, 0) is 0 Å². The first kappa shape index (κ1) is 14.2. The minimum atomic E-state index is -4.06. The monoisotopic (exact) mass is 275 g/mol. The van der Waals surface area contributed by atoms with E-state index in [2.05, 4.69) is 10.2 Å². The molecule has 0 radical (unpaired) electrons. The molecule has 2 rings (SSSR count). The van der Waals surface area contributed by atoms with Crippen molar-refractivity contribution < 1.29 is 13.2 Å². The van der Waals surface area contributed by atoms with Gasteiger partial charge in [-0.2, -0.15) is 18.3 Å². The second-order valence-electron chi connectivity index (χ2n) is 5.68. The minimum absolute atomic E-state index is 0.126. The van der Waals surface area contributed by atoms with Crippen molar-refractivity contribution in [1.82, 2.24) is 10.2 Å². The number of nitrogens with two attached hydrogens (primary N) is 1. The van der Waals surface area contributed by atoms with Crippen LogP contribution in [0.1, 0.15) is 62.6 Å². The zero-order valence-corrected chi connectivity index (χ0v) is 11.2. The zero-order valence-electron chi connectivity index (χ0n) is 11.2. The van der Waals surface area contributed by atoms with Crippen LogP contribution in [-0.4, -0.2) is 16.4 Å². The predicted molar refractivity (Wildman–Crippen MR) is 67.8 cm³/mol. The minimum Gasteiger partial charge on any atom is -0.382 e. The van der Waals surface area contributed by atoms with Crippen LogP contribution in [0.2, 0.25) is 0 Å². The maximum absolute atomic E-state index is 12.6. The van der Waals surface area contributed by atoms with Crippen molar-refractivity contribution in [1.29, 1.82) is 0 Å². The number of rotatable bonds is 2. The number of aromatic nitrogens is 2. The highest BCUT2D eigenvalue weighted by molar-refractivity contribution is 5.45. The molecule has 1 aromatic rings. The molecule has 0 spiro atoms. The topological polar surface area (TPSA) is 54.7 Å². The Morgan fingerprint density at radius 3 is 2.26 bits per heavy atom. The molecule has 1 fully saturated rings. The number of H-pyrrole nitrogens is 1. The molecule has 0 bridgehead atoms. The van der Waals surface area contributed by atoms with Gasteiger partial charge in [0.15, 0.2) is 0 Å². The molecule has 0 aliphatic heterocycles. The third-order valence-electron chi connectivity index (χ3n) is 4.04. The van der Waals surface area contributed by atoms with Gasteiger partial charge in [0.25, 0.3) is 0 Å². The lowest BCUT2D eigenvalue weighted by atomic mass is 9.78. The van der Waals surface area contributed by atoms with Crippen molar-refractivity contribution in [3.63, 3.8) is 0 Å². The van der Waals surface area contributed by atoms with Crippen molar-refractivity contribution in [3.8, 4) is 0 Å². The SMILES string of the molecule is CC(C)c1c(N)n[nH]c1C1CCC(C(F)(F)F)CC1. The van der Waals surface area contributed by atoms with Crippen LogP contribution < -0.4 is 5.73 Å². The number of anilines is 1. The van der Waals surface area contributed by atoms with Crippen LogP contribution in [0, 0.1) is 5.92 Å². The van der Waals surface area contributed by atoms with Gasteiger partial charge in [-0.15, -0.1) is 0 Å². The molecular weight excluding hydrogens is 255 g/mol. The number of nitrogen functional groups attached to an aromatic ring is 1. The van der Waals surface area contributed by atoms with Gasteiger partial charge in [-0.05, 0) is 31.6 Å². The number of aromatic amines is 1. The smallest absolute Gasteiger partial charge is 0.382 e. The van der Waals surface area contributed by atoms with E-state index in [9.17, 15) is 13.2 Å². The van der Waals surface area contributed by atoms with Crippen LogP contribution in [0.25, 0.3) is 0 Å². The van der Waals surface area contributed by atoms with Gasteiger partial charge in [0.2, 0.25) is 0 Å². The van der Waals surface area contributed by atoms with Crippen LogP contribution in [0.15, 0.2) is 0 Å². The lowest BCUT2D eigenvalue weighted by Crippen LogP contribution is -2.27. The number of nitrogens with one attached hydrogen (secondary N) is 1. The predicted octanol–water partition coefficient (Wildman–Crippen LogP) is 3.95. The first-order valence-electron chi connectivity index (χ1n) is 6.71. The molecule has 1 aliphatic carbocycles. The third kappa shape index (κ3) is 2.87. The average Bonchev–Trinajstić information content (AvgIpc) is 2.70. The van der Waals surface area contributed by atoms with Gasteiger partial charge in [-0.25, -0.2) is 0 Å². The Hall–Kier alpha value is -1.20. The molecule has 1 aliphatic rings. The first-order chi connectivity index (χ1) is 8.80. The zero-order chi connectivity index (χ0) is 14.2. The molecule has 0 saturated heterocycles. The van der Waals surface area contributed by atoms with E-state index in [-0.39, 0.29) is 24.7 Å². The molecule has 1 heterocycles. The molecule has 0 amide bonds. The maximum Gasteiger partial charge on any atom is 0.391 e. The molecule has 108 valence electrons. The fourth-order valence-electron chi connectivity index (χ4n) is 3.01. The Kier molecular flexibility index (Phi) is 3.78. The van der Waals surface area contributed by atoms with Gasteiger partial charge in [-0.1, -0.05) is 13.8 Å². The molecule has 3 nitrogen and oxygen atoms in total. The third-order valence-corrected chi connectivity index (χ3v) is 4.04. The molecule has 19 heavy (non-hydrogen) atoms. The van der Waals surface area contributed by atoms with Crippen molar-refractivity contribution in [2.45, 2.75) is 57.5 Å². The Balaban J connectivity index is 2.10. The second kappa shape index (κ2) is 5.06. The highest BCUT2D eigenvalue weighted by Gasteiger charge is 2.42. The Labute approximate surface area is 110 Å². The number of halogens is 3. The Bertz CT molecular complexity index is 429. The largest absolute Gasteiger partial charge is 0.391 e. The summed E-state index contributed by atoms with van der Waals surface area (Å²) in [4.78, 5) is 0. The van der Waals surface area contributed by atoms with Gasteiger partial charge in [0, 0.05) is 17.2 Å². The molecular formula is C13H20F3N3. The van der Waals surface area contributed by atoms with Gasteiger partial charge in [0.1, 0.15) is 5.82 Å². The van der Waals surface area contributed by atoms with Gasteiger partial charge >= 0.3 is 6.18 Å². The van der Waals surface area contributed by atoms with Gasteiger partial charge in [-0.3, -0.25) is 5.10 Å². The summed E-state index contributed by atoms with van der Waals surface area (Å²) < 4.78 is 37.9. The Morgan fingerprint density at radius 2 is 1.79 bits per heavy atom. The molecule has 3 N–H and O–H groups in total. The maximum atomic E-state index is 12.6. The summed E-state index contributed by atoms with van der Waals surface area (Å²) in [5.41, 5.74) is 7.73. The summed E-state index contributed by atoms with van der Waals surface area (Å²) in [6, 6.07) is 0. The van der Waals surface area contributed by atoms with E-state index >= 15 is 0 Å². The lowest BCUT2D eigenvalue weighted by molar-refractivity contribution is -0.182. The summed E-state index contributed by atoms with van der Waals surface area (Å²) >= 11 is 0. The van der Waals surface area contributed by atoms with E-state index in [0.717, 1.165) is 11.3 Å².